The molecule has 0 bridgehead atoms. The topological polar surface area (TPSA) is 119 Å². The first kappa shape index (κ1) is 14.8. The van der Waals surface area contributed by atoms with Gasteiger partial charge in [-0.05, 0) is 36.8 Å². The number of aryl methyl sites for hydroxylation is 1. The summed E-state index contributed by atoms with van der Waals surface area (Å²) in [6.07, 6.45) is 4.70. The van der Waals surface area contributed by atoms with Gasteiger partial charge in [0.15, 0.2) is 0 Å². The Labute approximate surface area is 131 Å². The van der Waals surface area contributed by atoms with E-state index in [2.05, 4.69) is 4.98 Å². The third-order valence-corrected chi connectivity index (χ3v) is 5.18. The van der Waals surface area contributed by atoms with E-state index in [1.807, 2.05) is 0 Å². The van der Waals surface area contributed by atoms with Crippen LogP contribution in [-0.4, -0.2) is 22.0 Å². The average Bonchev–Trinajstić information content (AvgIpc) is 2.63. The quantitative estimate of drug-likeness (QED) is 0.746. The van der Waals surface area contributed by atoms with Crippen molar-refractivity contribution in [3.8, 4) is 0 Å². The molecule has 7 heteroatoms. The summed E-state index contributed by atoms with van der Waals surface area (Å²) < 4.78 is 0. The van der Waals surface area contributed by atoms with Crippen LogP contribution in [-0.2, 0) is 24.1 Å². The van der Waals surface area contributed by atoms with Crippen LogP contribution in [0.5, 0.6) is 0 Å². The minimum atomic E-state index is -0.912. The number of carbonyl (C=O) groups excluding carboxylic acids is 1. The van der Waals surface area contributed by atoms with Crippen molar-refractivity contribution in [1.82, 2.24) is 4.98 Å². The lowest BCUT2D eigenvalue weighted by Gasteiger charge is -2.12. The molecular formula is C15H17N3O3S. The summed E-state index contributed by atoms with van der Waals surface area (Å²) in [6.45, 7) is 0. The van der Waals surface area contributed by atoms with Gasteiger partial charge >= 0.3 is 5.97 Å². The molecule has 116 valence electrons. The Morgan fingerprint density at radius 3 is 2.64 bits per heavy atom. The molecule has 22 heavy (non-hydrogen) atoms. The van der Waals surface area contributed by atoms with E-state index >= 15 is 0 Å². The number of nitrogens with zero attached hydrogens (tertiary/aromatic N) is 1. The molecule has 1 aliphatic rings. The predicted octanol–water partition coefficient (Wildman–Crippen LogP) is 1.87. The van der Waals surface area contributed by atoms with Gasteiger partial charge in [0.05, 0.1) is 12.1 Å². The smallest absolute Gasteiger partial charge is 0.307 e. The number of thiophene rings is 1. The number of carboxylic acids is 1. The fourth-order valence-corrected chi connectivity index (χ4v) is 4.12. The summed E-state index contributed by atoms with van der Waals surface area (Å²) in [4.78, 5) is 28.3. The lowest BCUT2D eigenvalue weighted by Crippen LogP contribution is -2.11. The average molecular weight is 319 g/mol. The number of primary amides is 1. The van der Waals surface area contributed by atoms with Crippen molar-refractivity contribution < 1.29 is 14.7 Å². The Kier molecular flexibility index (Phi) is 3.74. The molecule has 1 amide bonds. The highest BCUT2D eigenvalue weighted by Crippen LogP contribution is 2.38. The first-order chi connectivity index (χ1) is 10.5. The lowest BCUT2D eigenvalue weighted by atomic mass is 9.96. The van der Waals surface area contributed by atoms with E-state index in [1.54, 1.807) is 0 Å². The van der Waals surface area contributed by atoms with Crippen LogP contribution in [0.2, 0.25) is 0 Å². The van der Waals surface area contributed by atoms with Gasteiger partial charge in [0, 0.05) is 11.1 Å². The number of anilines is 1. The van der Waals surface area contributed by atoms with Crippen molar-refractivity contribution in [2.45, 2.75) is 38.5 Å². The Balaban J connectivity index is 2.33. The zero-order valence-corrected chi connectivity index (χ0v) is 12.8. The number of carboxylic acid groups (broad SMARTS) is 1. The number of hydrogen-bond acceptors (Lipinski definition) is 5. The number of hydrogen-bond donors (Lipinski definition) is 3. The van der Waals surface area contributed by atoms with Gasteiger partial charge < -0.3 is 16.6 Å². The highest BCUT2D eigenvalue weighted by Gasteiger charge is 2.24. The molecule has 2 heterocycles. The van der Waals surface area contributed by atoms with Crippen molar-refractivity contribution in [2.24, 2.45) is 5.73 Å². The molecule has 6 nitrogen and oxygen atoms in total. The summed E-state index contributed by atoms with van der Waals surface area (Å²) in [7, 11) is 0. The van der Waals surface area contributed by atoms with E-state index in [4.69, 9.17) is 11.5 Å². The number of carbonyl (C=O) groups is 2. The third-order valence-electron chi connectivity index (χ3n) is 4.07. The second-order valence-corrected chi connectivity index (χ2v) is 6.54. The van der Waals surface area contributed by atoms with E-state index in [1.165, 1.54) is 0 Å². The molecule has 0 atom stereocenters. The van der Waals surface area contributed by atoms with Gasteiger partial charge in [-0.15, -0.1) is 11.3 Å². The van der Waals surface area contributed by atoms with Crippen molar-refractivity contribution in [3.63, 3.8) is 0 Å². The van der Waals surface area contributed by atoms with Crippen LogP contribution < -0.4 is 11.5 Å². The Morgan fingerprint density at radius 2 is 1.95 bits per heavy atom. The number of rotatable bonds is 3. The van der Waals surface area contributed by atoms with Crippen molar-refractivity contribution in [2.75, 3.05) is 5.73 Å². The first-order valence-corrected chi connectivity index (χ1v) is 8.05. The Bertz CT molecular complexity index is 782. The number of fused-ring (bicyclic) bond motifs is 2. The predicted molar refractivity (Wildman–Crippen MR) is 85.1 cm³/mol. The first-order valence-electron chi connectivity index (χ1n) is 7.23. The number of aromatic nitrogens is 1. The summed E-state index contributed by atoms with van der Waals surface area (Å²) in [5.41, 5.74) is 14.3. The number of amides is 1. The molecule has 1 aliphatic carbocycles. The van der Waals surface area contributed by atoms with Crippen molar-refractivity contribution >= 4 is 39.1 Å². The van der Waals surface area contributed by atoms with Crippen LogP contribution in [0.25, 0.3) is 10.2 Å². The molecule has 0 fully saturated rings. The molecule has 2 aromatic heterocycles. The highest BCUT2D eigenvalue weighted by atomic mass is 32.1. The summed E-state index contributed by atoms with van der Waals surface area (Å²) in [5, 5.41) is 9.85. The zero-order valence-electron chi connectivity index (χ0n) is 12.0. The Hall–Kier alpha value is -2.15. The largest absolute Gasteiger partial charge is 0.481 e. The van der Waals surface area contributed by atoms with Crippen molar-refractivity contribution in [3.05, 3.63) is 21.7 Å². The molecular weight excluding hydrogens is 302 g/mol. The van der Waals surface area contributed by atoms with E-state index in [0.29, 0.717) is 15.8 Å². The summed E-state index contributed by atoms with van der Waals surface area (Å²) in [6, 6.07) is 0. The van der Waals surface area contributed by atoms with Gasteiger partial charge in [-0.3, -0.25) is 9.59 Å². The molecule has 0 unspecified atom stereocenters. The fraction of sp³-hybridized carbons (Fsp3) is 0.400. The van der Waals surface area contributed by atoms with Gasteiger partial charge in [0.2, 0.25) is 0 Å². The Morgan fingerprint density at radius 1 is 1.23 bits per heavy atom. The molecule has 0 radical (unpaired) electrons. The lowest BCUT2D eigenvalue weighted by molar-refractivity contribution is -0.136. The monoisotopic (exact) mass is 319 g/mol. The minimum absolute atomic E-state index is 0.111. The fourth-order valence-electron chi connectivity index (χ4n) is 3.12. The van der Waals surface area contributed by atoms with Crippen LogP contribution in [0.15, 0.2) is 0 Å². The van der Waals surface area contributed by atoms with Crippen LogP contribution >= 0.6 is 11.3 Å². The van der Waals surface area contributed by atoms with Gasteiger partial charge in [-0.1, -0.05) is 6.42 Å². The van der Waals surface area contributed by atoms with Crippen LogP contribution in [0.3, 0.4) is 0 Å². The summed E-state index contributed by atoms with van der Waals surface area (Å²) >= 11 is 1.15. The molecule has 0 spiro atoms. The maximum atomic E-state index is 11.5. The molecule has 3 rings (SSSR count). The van der Waals surface area contributed by atoms with Crippen LogP contribution in [0.4, 0.5) is 5.69 Å². The maximum Gasteiger partial charge on any atom is 0.307 e. The number of nitrogen functional groups attached to an aromatic ring is 1. The highest BCUT2D eigenvalue weighted by molar-refractivity contribution is 7.21. The SMILES string of the molecule is NC(=O)c1sc2nc3c(c(CC(=O)O)c2c1N)CCCCC3. The molecule has 0 aliphatic heterocycles. The molecule has 0 saturated carbocycles. The molecule has 0 saturated heterocycles. The van der Waals surface area contributed by atoms with E-state index in [9.17, 15) is 14.7 Å². The normalized spacial score (nSPS) is 14.5. The van der Waals surface area contributed by atoms with Gasteiger partial charge in [0.1, 0.15) is 9.71 Å². The third kappa shape index (κ3) is 2.41. The second-order valence-electron chi connectivity index (χ2n) is 5.54. The van der Waals surface area contributed by atoms with Gasteiger partial charge in [-0.25, -0.2) is 4.98 Å². The standard InChI is InChI=1S/C15H17N3O3S/c16-12-11-8(6-10(19)20)7-4-2-1-3-5-9(7)18-15(11)22-13(12)14(17)21/h1-6,16H2,(H2,17,21)(H,19,20). The number of aliphatic carboxylic acids is 1. The second kappa shape index (κ2) is 5.57. The van der Waals surface area contributed by atoms with Crippen LogP contribution in [0.1, 0.15) is 45.8 Å². The minimum Gasteiger partial charge on any atom is -0.481 e. The molecule has 2 aromatic rings. The van der Waals surface area contributed by atoms with E-state index in [0.717, 1.165) is 54.7 Å². The zero-order chi connectivity index (χ0) is 15.9. The van der Waals surface area contributed by atoms with Gasteiger partial charge in [-0.2, -0.15) is 0 Å². The summed E-state index contributed by atoms with van der Waals surface area (Å²) in [5.74, 6) is -1.51. The number of pyridine rings is 1. The van der Waals surface area contributed by atoms with Gasteiger partial charge in [0.25, 0.3) is 5.91 Å². The maximum absolute atomic E-state index is 11.5. The molecule has 5 N–H and O–H groups in total. The van der Waals surface area contributed by atoms with Crippen molar-refractivity contribution in [1.29, 1.82) is 0 Å². The number of nitrogens with two attached hydrogens (primary N) is 2. The van der Waals surface area contributed by atoms with Crippen LogP contribution in [0, 0.1) is 0 Å². The van der Waals surface area contributed by atoms with E-state index < -0.39 is 11.9 Å². The van der Waals surface area contributed by atoms with E-state index in [-0.39, 0.29) is 17.0 Å². The molecule has 0 aromatic carbocycles.